The molecule has 0 unspecified atom stereocenters. The molecule has 4 rings (SSSR count). The minimum atomic E-state index is -0.376. The van der Waals surface area contributed by atoms with Gasteiger partial charge in [-0.25, -0.2) is 4.98 Å². The summed E-state index contributed by atoms with van der Waals surface area (Å²) in [6.45, 7) is 6.40. The topological polar surface area (TPSA) is 102 Å². The van der Waals surface area contributed by atoms with Crippen LogP contribution < -0.4 is 10.6 Å². The number of carbonyl (C=O) groups is 2. The van der Waals surface area contributed by atoms with Gasteiger partial charge in [0, 0.05) is 27.6 Å². The molecule has 11 heteroatoms. The second-order valence-electron chi connectivity index (χ2n) is 7.91. The van der Waals surface area contributed by atoms with E-state index < -0.39 is 0 Å². The van der Waals surface area contributed by atoms with E-state index in [0.717, 1.165) is 16.1 Å². The molecule has 0 fully saturated rings. The Labute approximate surface area is 222 Å². The van der Waals surface area contributed by atoms with Crippen molar-refractivity contribution in [2.45, 2.75) is 38.5 Å². The molecule has 8 nitrogen and oxygen atoms in total. The number of halogens is 1. The van der Waals surface area contributed by atoms with Crippen LogP contribution in [0.4, 0.5) is 5.13 Å². The van der Waals surface area contributed by atoms with Gasteiger partial charge >= 0.3 is 0 Å². The summed E-state index contributed by atoms with van der Waals surface area (Å²) in [5.41, 5.74) is 2.39. The molecule has 0 bridgehead atoms. The lowest BCUT2D eigenvalue weighted by Gasteiger charge is -2.15. The van der Waals surface area contributed by atoms with Gasteiger partial charge in [-0.1, -0.05) is 53.7 Å². The molecule has 2 N–H and O–H groups in total. The maximum atomic E-state index is 12.6. The largest absolute Gasteiger partial charge is 0.342 e. The number of thiazole rings is 1. The van der Waals surface area contributed by atoms with Gasteiger partial charge in [-0.2, -0.15) is 0 Å². The number of carbonyl (C=O) groups excluding carboxylic acids is 2. The average Bonchev–Trinajstić information content (AvgIpc) is 3.46. The Morgan fingerprint density at radius 2 is 1.83 bits per heavy atom. The molecule has 0 aliphatic carbocycles. The predicted octanol–water partition coefficient (Wildman–Crippen LogP) is 5.61. The van der Waals surface area contributed by atoms with E-state index in [0.29, 0.717) is 33.2 Å². The van der Waals surface area contributed by atoms with E-state index in [1.54, 1.807) is 24.3 Å². The van der Waals surface area contributed by atoms with Gasteiger partial charge in [0.15, 0.2) is 16.1 Å². The summed E-state index contributed by atoms with van der Waals surface area (Å²) in [7, 11) is 0. The third-order valence-electron chi connectivity index (χ3n) is 5.33. The second kappa shape index (κ2) is 11.7. The van der Waals surface area contributed by atoms with Gasteiger partial charge < -0.3 is 15.2 Å². The first-order valence-electron chi connectivity index (χ1n) is 11.3. The Bertz CT molecular complexity index is 1350. The standard InChI is InChI=1S/C25H25ClN6O2S2/c1-4-32-22(15(2)27-23(34)18-10-12-19(26)13-11-18)30-31-25(32)35-14-20(33)28-24-29-21(16(3)36-24)17-8-6-5-7-9-17/h5-13,15H,4,14H2,1-3H3,(H,27,34)(H,28,29,33)/t15-/m1/s1. The fraction of sp³-hybridized carbons (Fsp3) is 0.240. The summed E-state index contributed by atoms with van der Waals surface area (Å²) < 4.78 is 1.89. The number of amides is 2. The Balaban J connectivity index is 1.37. The molecule has 2 heterocycles. The van der Waals surface area contributed by atoms with Crippen LogP contribution in [0.1, 0.15) is 40.9 Å². The van der Waals surface area contributed by atoms with Crippen molar-refractivity contribution in [3.8, 4) is 11.3 Å². The SMILES string of the molecule is CCn1c(SCC(=O)Nc2nc(-c3ccccc3)c(C)s2)nnc1[C@@H](C)NC(=O)c1ccc(Cl)cc1. The van der Waals surface area contributed by atoms with E-state index in [1.165, 1.54) is 23.1 Å². The van der Waals surface area contributed by atoms with Crippen LogP contribution in [0.3, 0.4) is 0 Å². The van der Waals surface area contributed by atoms with Gasteiger partial charge in [0.1, 0.15) is 0 Å². The summed E-state index contributed by atoms with van der Waals surface area (Å²) in [5.74, 6) is 0.366. The number of thioether (sulfide) groups is 1. The van der Waals surface area contributed by atoms with E-state index in [2.05, 4.69) is 25.8 Å². The van der Waals surface area contributed by atoms with Gasteiger partial charge in [0.25, 0.3) is 5.91 Å². The first-order chi connectivity index (χ1) is 17.4. The average molecular weight is 541 g/mol. The number of anilines is 1. The number of benzene rings is 2. The van der Waals surface area contributed by atoms with Crippen molar-refractivity contribution in [1.82, 2.24) is 25.1 Å². The molecule has 1 atom stereocenters. The van der Waals surface area contributed by atoms with Crippen molar-refractivity contribution >= 4 is 51.6 Å². The molecule has 2 amide bonds. The van der Waals surface area contributed by atoms with Crippen LogP contribution in [-0.4, -0.2) is 37.3 Å². The highest BCUT2D eigenvalue weighted by Crippen LogP contribution is 2.30. The van der Waals surface area contributed by atoms with Crippen molar-refractivity contribution in [1.29, 1.82) is 0 Å². The van der Waals surface area contributed by atoms with Crippen molar-refractivity contribution in [2.24, 2.45) is 0 Å². The molecule has 4 aromatic rings. The molecule has 2 aromatic carbocycles. The first-order valence-corrected chi connectivity index (χ1v) is 13.5. The number of hydrogen-bond acceptors (Lipinski definition) is 7. The highest BCUT2D eigenvalue weighted by molar-refractivity contribution is 7.99. The second-order valence-corrected chi connectivity index (χ2v) is 10.5. The fourth-order valence-electron chi connectivity index (χ4n) is 3.57. The molecule has 0 aliphatic heterocycles. The highest BCUT2D eigenvalue weighted by atomic mass is 35.5. The lowest BCUT2D eigenvalue weighted by atomic mass is 10.1. The molecule has 0 saturated carbocycles. The van der Waals surface area contributed by atoms with Crippen molar-refractivity contribution < 1.29 is 9.59 Å². The Hall–Kier alpha value is -3.21. The lowest BCUT2D eigenvalue weighted by Crippen LogP contribution is -2.28. The van der Waals surface area contributed by atoms with E-state index >= 15 is 0 Å². The number of nitrogens with one attached hydrogen (secondary N) is 2. The Morgan fingerprint density at radius 1 is 1.11 bits per heavy atom. The number of nitrogens with zero attached hydrogens (tertiary/aromatic N) is 4. The number of aryl methyl sites for hydroxylation is 1. The summed E-state index contributed by atoms with van der Waals surface area (Å²) in [4.78, 5) is 30.8. The molecule has 0 radical (unpaired) electrons. The highest BCUT2D eigenvalue weighted by Gasteiger charge is 2.20. The van der Waals surface area contributed by atoms with Crippen LogP contribution in [0.25, 0.3) is 11.3 Å². The molecule has 186 valence electrons. The minimum Gasteiger partial charge on any atom is -0.342 e. The summed E-state index contributed by atoms with van der Waals surface area (Å²) in [6, 6.07) is 16.2. The zero-order chi connectivity index (χ0) is 25.7. The third-order valence-corrected chi connectivity index (χ3v) is 7.43. The monoisotopic (exact) mass is 540 g/mol. The molecule has 0 spiro atoms. The minimum absolute atomic E-state index is 0.156. The number of rotatable bonds is 9. The Morgan fingerprint density at radius 3 is 2.53 bits per heavy atom. The van der Waals surface area contributed by atoms with Gasteiger partial charge in [-0.3, -0.25) is 9.59 Å². The van der Waals surface area contributed by atoms with Gasteiger partial charge in [0.05, 0.1) is 17.5 Å². The molecule has 2 aromatic heterocycles. The zero-order valence-electron chi connectivity index (χ0n) is 20.0. The van der Waals surface area contributed by atoms with Crippen molar-refractivity contribution in [3.05, 3.63) is 75.9 Å². The molecular weight excluding hydrogens is 516 g/mol. The maximum absolute atomic E-state index is 12.6. The number of aromatic nitrogens is 4. The summed E-state index contributed by atoms with van der Waals surface area (Å²) in [6.07, 6.45) is 0. The molecule has 36 heavy (non-hydrogen) atoms. The quantitative estimate of drug-likeness (QED) is 0.268. The van der Waals surface area contributed by atoms with E-state index in [1.807, 2.05) is 55.7 Å². The van der Waals surface area contributed by atoms with Gasteiger partial charge in [-0.15, -0.1) is 21.5 Å². The molecular formula is C25H25ClN6O2S2. The normalized spacial score (nSPS) is 11.8. The zero-order valence-corrected chi connectivity index (χ0v) is 22.4. The lowest BCUT2D eigenvalue weighted by molar-refractivity contribution is -0.113. The fourth-order valence-corrected chi connectivity index (χ4v) is 5.36. The van der Waals surface area contributed by atoms with Crippen LogP contribution in [0, 0.1) is 6.92 Å². The summed E-state index contributed by atoms with van der Waals surface area (Å²) >= 11 is 8.64. The van der Waals surface area contributed by atoms with Crippen molar-refractivity contribution in [3.63, 3.8) is 0 Å². The van der Waals surface area contributed by atoms with Gasteiger partial charge in [-0.05, 0) is 45.0 Å². The smallest absolute Gasteiger partial charge is 0.251 e. The third kappa shape index (κ3) is 6.13. The van der Waals surface area contributed by atoms with E-state index in [9.17, 15) is 9.59 Å². The van der Waals surface area contributed by atoms with Crippen LogP contribution in [0.2, 0.25) is 5.02 Å². The first kappa shape index (κ1) is 25.9. The van der Waals surface area contributed by atoms with E-state index in [4.69, 9.17) is 11.6 Å². The molecule has 0 aliphatic rings. The van der Waals surface area contributed by atoms with Crippen LogP contribution in [-0.2, 0) is 11.3 Å². The van der Waals surface area contributed by atoms with Crippen LogP contribution >= 0.6 is 34.7 Å². The number of hydrogen-bond donors (Lipinski definition) is 2. The molecule has 0 saturated heterocycles. The van der Waals surface area contributed by atoms with Crippen LogP contribution in [0.5, 0.6) is 0 Å². The predicted molar refractivity (Wildman–Crippen MR) is 145 cm³/mol. The van der Waals surface area contributed by atoms with E-state index in [-0.39, 0.29) is 23.6 Å². The van der Waals surface area contributed by atoms with Crippen LogP contribution in [0.15, 0.2) is 59.8 Å². The van der Waals surface area contributed by atoms with Crippen molar-refractivity contribution in [2.75, 3.05) is 11.1 Å². The maximum Gasteiger partial charge on any atom is 0.251 e. The van der Waals surface area contributed by atoms with Gasteiger partial charge in [0.2, 0.25) is 5.91 Å². The summed E-state index contributed by atoms with van der Waals surface area (Å²) in [5, 5.41) is 16.1. The Kier molecular flexibility index (Phi) is 8.40.